The molecule has 0 spiro atoms. The predicted molar refractivity (Wildman–Crippen MR) is 107 cm³/mol. The molecule has 0 bridgehead atoms. The van der Waals surface area contributed by atoms with Crippen molar-refractivity contribution < 1.29 is 0 Å². The SMILES string of the molecule is CN=C(NCCC1=CCCCC1)NCc1cccc(Cn2cccn2)c1. The molecule has 5 nitrogen and oxygen atoms in total. The van der Waals surface area contributed by atoms with Gasteiger partial charge in [-0.3, -0.25) is 9.67 Å². The van der Waals surface area contributed by atoms with Gasteiger partial charge in [-0.15, -0.1) is 0 Å². The van der Waals surface area contributed by atoms with Crippen LogP contribution in [0.25, 0.3) is 0 Å². The first-order chi connectivity index (χ1) is 12.8. The monoisotopic (exact) mass is 351 g/mol. The highest BCUT2D eigenvalue weighted by Crippen LogP contribution is 2.19. The minimum absolute atomic E-state index is 0.759. The predicted octanol–water partition coefficient (Wildman–Crippen LogP) is 3.49. The third-order valence-corrected chi connectivity index (χ3v) is 4.70. The Bertz CT molecular complexity index is 731. The van der Waals surface area contributed by atoms with Gasteiger partial charge in [-0.1, -0.05) is 35.9 Å². The Morgan fingerprint density at radius 1 is 1.19 bits per heavy atom. The summed E-state index contributed by atoms with van der Waals surface area (Å²) in [5.41, 5.74) is 4.08. The van der Waals surface area contributed by atoms with E-state index in [2.05, 4.69) is 51.1 Å². The van der Waals surface area contributed by atoms with Crippen molar-refractivity contribution >= 4 is 5.96 Å². The third kappa shape index (κ3) is 5.76. The summed E-state index contributed by atoms with van der Waals surface area (Å²) in [7, 11) is 1.82. The van der Waals surface area contributed by atoms with E-state index in [9.17, 15) is 0 Å². The van der Waals surface area contributed by atoms with Crippen molar-refractivity contribution in [3.05, 3.63) is 65.5 Å². The second-order valence-corrected chi connectivity index (χ2v) is 6.73. The van der Waals surface area contributed by atoms with Gasteiger partial charge >= 0.3 is 0 Å². The molecule has 0 atom stereocenters. The first kappa shape index (κ1) is 18.2. The Balaban J connectivity index is 1.45. The van der Waals surface area contributed by atoms with E-state index in [-0.39, 0.29) is 0 Å². The van der Waals surface area contributed by atoms with Crippen LogP contribution in [0, 0.1) is 0 Å². The van der Waals surface area contributed by atoms with Gasteiger partial charge in [0.1, 0.15) is 0 Å². The van der Waals surface area contributed by atoms with Gasteiger partial charge in [0.25, 0.3) is 0 Å². The van der Waals surface area contributed by atoms with Crippen molar-refractivity contribution in [1.29, 1.82) is 0 Å². The first-order valence-electron chi connectivity index (χ1n) is 9.51. The molecule has 1 aromatic carbocycles. The lowest BCUT2D eigenvalue weighted by Gasteiger charge is -2.15. The number of allylic oxidation sites excluding steroid dienone is 1. The molecule has 0 saturated carbocycles. The highest BCUT2D eigenvalue weighted by Gasteiger charge is 2.04. The van der Waals surface area contributed by atoms with Crippen molar-refractivity contribution in [2.75, 3.05) is 13.6 Å². The lowest BCUT2D eigenvalue weighted by molar-refractivity contribution is 0.665. The van der Waals surface area contributed by atoms with E-state index in [0.717, 1.165) is 32.0 Å². The van der Waals surface area contributed by atoms with E-state index in [4.69, 9.17) is 0 Å². The van der Waals surface area contributed by atoms with Crippen LogP contribution in [0.2, 0.25) is 0 Å². The van der Waals surface area contributed by atoms with Gasteiger partial charge in [-0.2, -0.15) is 5.10 Å². The summed E-state index contributed by atoms with van der Waals surface area (Å²) in [5, 5.41) is 11.1. The summed E-state index contributed by atoms with van der Waals surface area (Å²) in [6.45, 7) is 2.49. The molecule has 1 heterocycles. The van der Waals surface area contributed by atoms with E-state index >= 15 is 0 Å². The molecule has 0 aliphatic heterocycles. The number of hydrogen-bond donors (Lipinski definition) is 2. The van der Waals surface area contributed by atoms with Crippen LogP contribution in [-0.4, -0.2) is 29.3 Å². The molecular weight excluding hydrogens is 322 g/mol. The molecule has 26 heavy (non-hydrogen) atoms. The van der Waals surface area contributed by atoms with Crippen LogP contribution < -0.4 is 10.6 Å². The van der Waals surface area contributed by atoms with Crippen molar-refractivity contribution in [3.63, 3.8) is 0 Å². The molecule has 1 aliphatic carbocycles. The molecule has 2 aromatic rings. The normalized spacial score (nSPS) is 14.8. The fourth-order valence-electron chi connectivity index (χ4n) is 3.30. The van der Waals surface area contributed by atoms with Crippen molar-refractivity contribution in [1.82, 2.24) is 20.4 Å². The quantitative estimate of drug-likeness (QED) is 0.456. The molecule has 1 aromatic heterocycles. The van der Waals surface area contributed by atoms with Gasteiger partial charge in [0.15, 0.2) is 5.96 Å². The lowest BCUT2D eigenvalue weighted by Crippen LogP contribution is -2.37. The van der Waals surface area contributed by atoms with Gasteiger partial charge < -0.3 is 10.6 Å². The van der Waals surface area contributed by atoms with Crippen LogP contribution in [0.15, 0.2) is 59.4 Å². The minimum Gasteiger partial charge on any atom is -0.356 e. The van der Waals surface area contributed by atoms with Gasteiger partial charge in [0.05, 0.1) is 6.54 Å². The Morgan fingerprint density at radius 3 is 2.88 bits per heavy atom. The fourth-order valence-corrected chi connectivity index (χ4v) is 3.30. The second kappa shape index (κ2) is 9.80. The maximum atomic E-state index is 4.33. The van der Waals surface area contributed by atoms with Crippen LogP contribution in [0.5, 0.6) is 0 Å². The average molecular weight is 351 g/mol. The summed E-state index contributed by atoms with van der Waals surface area (Å²) < 4.78 is 1.94. The number of guanidine groups is 1. The third-order valence-electron chi connectivity index (χ3n) is 4.70. The van der Waals surface area contributed by atoms with Crippen LogP contribution in [0.3, 0.4) is 0 Å². The van der Waals surface area contributed by atoms with E-state index in [1.54, 1.807) is 5.57 Å². The lowest BCUT2D eigenvalue weighted by atomic mass is 9.97. The number of nitrogens with zero attached hydrogens (tertiary/aromatic N) is 3. The number of hydrogen-bond acceptors (Lipinski definition) is 2. The number of nitrogens with one attached hydrogen (secondary N) is 2. The molecule has 5 heteroatoms. The largest absolute Gasteiger partial charge is 0.356 e. The van der Waals surface area contributed by atoms with Gasteiger partial charge in [-0.25, -0.2) is 0 Å². The van der Waals surface area contributed by atoms with Crippen molar-refractivity contribution in [3.8, 4) is 0 Å². The maximum absolute atomic E-state index is 4.33. The Hall–Kier alpha value is -2.56. The molecule has 0 radical (unpaired) electrons. The molecule has 0 fully saturated rings. The van der Waals surface area contributed by atoms with Gasteiger partial charge in [-0.05, 0) is 49.3 Å². The van der Waals surface area contributed by atoms with Gasteiger partial charge in [0, 0.05) is 32.5 Å². The molecule has 3 rings (SSSR count). The standard InChI is InChI=1S/C21H29N5/c1-22-21(23-13-11-18-7-3-2-4-8-18)24-16-19-9-5-10-20(15-19)17-26-14-6-12-25-26/h5-7,9-10,12,14-15H,2-4,8,11,13,16-17H2,1H3,(H2,22,23,24). The zero-order chi connectivity index (χ0) is 18.0. The zero-order valence-corrected chi connectivity index (χ0v) is 15.6. The Morgan fingerprint density at radius 2 is 2.12 bits per heavy atom. The van der Waals surface area contributed by atoms with Crippen molar-refractivity contribution in [2.45, 2.75) is 45.2 Å². The molecule has 138 valence electrons. The first-order valence-corrected chi connectivity index (χ1v) is 9.51. The summed E-state index contributed by atoms with van der Waals surface area (Å²) in [4.78, 5) is 4.33. The average Bonchev–Trinajstić information content (AvgIpc) is 3.18. The van der Waals surface area contributed by atoms with Crippen LogP contribution in [0.1, 0.15) is 43.2 Å². The van der Waals surface area contributed by atoms with Crippen LogP contribution in [-0.2, 0) is 13.1 Å². The highest BCUT2D eigenvalue weighted by atomic mass is 15.3. The Kier molecular flexibility index (Phi) is 6.88. The number of rotatable bonds is 7. The number of aromatic nitrogens is 2. The maximum Gasteiger partial charge on any atom is 0.191 e. The summed E-state index contributed by atoms with van der Waals surface area (Å²) in [6, 6.07) is 10.5. The smallest absolute Gasteiger partial charge is 0.191 e. The van der Waals surface area contributed by atoms with E-state index < -0.39 is 0 Å². The van der Waals surface area contributed by atoms with Crippen molar-refractivity contribution in [2.24, 2.45) is 4.99 Å². The van der Waals surface area contributed by atoms with Crippen LogP contribution in [0.4, 0.5) is 0 Å². The highest BCUT2D eigenvalue weighted by molar-refractivity contribution is 5.79. The molecule has 0 amide bonds. The van der Waals surface area contributed by atoms with E-state index in [0.29, 0.717) is 0 Å². The Labute approximate surface area is 156 Å². The van der Waals surface area contributed by atoms with E-state index in [1.165, 1.54) is 36.8 Å². The summed E-state index contributed by atoms with van der Waals surface area (Å²) in [5.74, 6) is 0.860. The summed E-state index contributed by atoms with van der Waals surface area (Å²) in [6.07, 6.45) is 12.5. The molecule has 1 aliphatic rings. The molecule has 2 N–H and O–H groups in total. The molecular formula is C21H29N5. The number of aliphatic imine (C=N–C) groups is 1. The van der Waals surface area contributed by atoms with E-state index in [1.807, 2.05) is 30.2 Å². The topological polar surface area (TPSA) is 54.2 Å². The fraction of sp³-hybridized carbons (Fsp3) is 0.429. The molecule has 0 saturated heterocycles. The van der Waals surface area contributed by atoms with Gasteiger partial charge in [0.2, 0.25) is 0 Å². The minimum atomic E-state index is 0.759. The summed E-state index contributed by atoms with van der Waals surface area (Å²) >= 11 is 0. The second-order valence-electron chi connectivity index (χ2n) is 6.73. The zero-order valence-electron chi connectivity index (χ0n) is 15.6. The van der Waals surface area contributed by atoms with Crippen LogP contribution >= 0.6 is 0 Å². The number of benzene rings is 1. The molecule has 0 unspecified atom stereocenters.